The van der Waals surface area contributed by atoms with Gasteiger partial charge in [0.15, 0.2) is 0 Å². The van der Waals surface area contributed by atoms with Gasteiger partial charge in [-0.15, -0.1) is 0 Å². The Kier molecular flexibility index (Phi) is 6.39. The number of thioether (sulfide) groups is 1. The van der Waals surface area contributed by atoms with Crippen molar-refractivity contribution < 1.29 is 14.8 Å². The van der Waals surface area contributed by atoms with Crippen molar-refractivity contribution in [3.05, 3.63) is 46.0 Å². The number of hydrogen-bond acceptors (Lipinski definition) is 5. The van der Waals surface area contributed by atoms with Gasteiger partial charge in [0.05, 0.1) is 10.5 Å². The van der Waals surface area contributed by atoms with Crippen molar-refractivity contribution in [1.82, 2.24) is 5.32 Å². The second-order valence-electron chi connectivity index (χ2n) is 4.83. The smallest absolute Gasteiger partial charge is 0.269 e. The van der Waals surface area contributed by atoms with E-state index in [1.165, 1.54) is 30.0 Å². The molecule has 1 aromatic rings. The molecule has 0 fully saturated rings. The molecule has 1 amide bonds. The van der Waals surface area contributed by atoms with Crippen LogP contribution in [0.1, 0.15) is 12.5 Å². The van der Waals surface area contributed by atoms with Crippen molar-refractivity contribution >= 4 is 29.4 Å². The van der Waals surface area contributed by atoms with Crippen molar-refractivity contribution in [3.8, 4) is 0 Å². The lowest BCUT2D eigenvalue weighted by molar-refractivity contribution is -0.384. The first-order valence-corrected chi connectivity index (χ1v) is 7.65. The molecule has 0 aromatic heterocycles. The number of nitro benzene ring substituents is 1. The first-order valence-electron chi connectivity index (χ1n) is 6.26. The number of hydrogen-bond donors (Lipinski definition) is 2. The minimum Gasteiger partial charge on any atom is -0.387 e. The Hall–Kier alpha value is -1.86. The van der Waals surface area contributed by atoms with Crippen LogP contribution in [-0.4, -0.2) is 40.1 Å². The highest BCUT2D eigenvalue weighted by Gasteiger charge is 2.19. The van der Waals surface area contributed by atoms with E-state index in [-0.39, 0.29) is 18.1 Å². The van der Waals surface area contributed by atoms with Crippen molar-refractivity contribution in [2.24, 2.45) is 0 Å². The molecule has 0 aliphatic carbocycles. The number of nitrogens with one attached hydrogen (secondary N) is 1. The number of non-ortho nitro benzene ring substituents is 1. The molecule has 2 N–H and O–H groups in total. The zero-order valence-electron chi connectivity index (χ0n) is 11.9. The summed E-state index contributed by atoms with van der Waals surface area (Å²) >= 11 is 1.50. The zero-order valence-corrected chi connectivity index (χ0v) is 12.7. The first kappa shape index (κ1) is 17.2. The van der Waals surface area contributed by atoms with Crippen LogP contribution < -0.4 is 5.32 Å². The summed E-state index contributed by atoms with van der Waals surface area (Å²) < 4.78 is 0. The summed E-state index contributed by atoms with van der Waals surface area (Å²) in [4.78, 5) is 21.6. The Balaban J connectivity index is 2.52. The van der Waals surface area contributed by atoms with E-state index < -0.39 is 10.5 Å². The predicted molar refractivity (Wildman–Crippen MR) is 84.1 cm³/mol. The van der Waals surface area contributed by atoms with Crippen LogP contribution in [-0.2, 0) is 4.79 Å². The molecule has 0 bridgehead atoms. The van der Waals surface area contributed by atoms with Crippen molar-refractivity contribution in [2.45, 2.75) is 12.5 Å². The molecule has 0 spiro atoms. The van der Waals surface area contributed by atoms with Gasteiger partial charge in [-0.3, -0.25) is 14.9 Å². The highest BCUT2D eigenvalue weighted by Crippen LogP contribution is 2.13. The molecule has 0 aliphatic rings. The standard InChI is InChI=1S/C14H18N2O4S/c1-14(18,10-21-2)9-15-13(17)8-5-11-3-6-12(7-4-11)16(19)20/h3-8,18H,9-10H2,1-2H3,(H,15,17)/b8-5+. The van der Waals surface area contributed by atoms with E-state index in [0.29, 0.717) is 11.3 Å². The summed E-state index contributed by atoms with van der Waals surface area (Å²) in [5.41, 5.74) is -0.257. The largest absolute Gasteiger partial charge is 0.387 e. The molecule has 0 aliphatic heterocycles. The van der Waals surface area contributed by atoms with Gasteiger partial charge in [-0.05, 0) is 37.0 Å². The molecule has 1 atom stereocenters. The van der Waals surface area contributed by atoms with E-state index in [0.717, 1.165) is 0 Å². The average molecular weight is 310 g/mol. The summed E-state index contributed by atoms with van der Waals surface area (Å²) in [7, 11) is 0. The van der Waals surface area contributed by atoms with Crippen LogP contribution in [0.4, 0.5) is 5.69 Å². The van der Waals surface area contributed by atoms with E-state index in [1.54, 1.807) is 25.1 Å². The fourth-order valence-corrected chi connectivity index (χ4v) is 2.30. The molecule has 21 heavy (non-hydrogen) atoms. The summed E-state index contributed by atoms with van der Waals surface area (Å²) in [5, 5.41) is 23.0. The topological polar surface area (TPSA) is 92.5 Å². The van der Waals surface area contributed by atoms with Crippen LogP contribution in [0.25, 0.3) is 6.08 Å². The van der Waals surface area contributed by atoms with Gasteiger partial charge in [0.25, 0.3) is 5.69 Å². The summed E-state index contributed by atoms with van der Waals surface area (Å²) in [6, 6.07) is 5.87. The van der Waals surface area contributed by atoms with Gasteiger partial charge in [0.1, 0.15) is 0 Å². The maximum atomic E-state index is 11.6. The lowest BCUT2D eigenvalue weighted by atomic mass is 10.1. The van der Waals surface area contributed by atoms with Crippen LogP contribution >= 0.6 is 11.8 Å². The minimum absolute atomic E-state index is 0.00437. The highest BCUT2D eigenvalue weighted by atomic mass is 32.2. The van der Waals surface area contributed by atoms with Crippen LogP contribution in [0.3, 0.4) is 0 Å². The fourth-order valence-electron chi connectivity index (χ4n) is 1.58. The Morgan fingerprint density at radius 3 is 2.62 bits per heavy atom. The number of amides is 1. The molecule has 0 heterocycles. The Morgan fingerprint density at radius 2 is 2.10 bits per heavy atom. The highest BCUT2D eigenvalue weighted by molar-refractivity contribution is 7.98. The quantitative estimate of drug-likeness (QED) is 0.455. The van der Waals surface area contributed by atoms with Crippen LogP contribution in [0.5, 0.6) is 0 Å². The minimum atomic E-state index is -0.948. The summed E-state index contributed by atoms with van der Waals surface area (Å²) in [6.07, 6.45) is 4.77. The van der Waals surface area contributed by atoms with Gasteiger partial charge in [-0.25, -0.2) is 0 Å². The van der Waals surface area contributed by atoms with E-state index >= 15 is 0 Å². The van der Waals surface area contributed by atoms with Gasteiger partial charge in [0.2, 0.25) is 5.91 Å². The number of rotatable bonds is 7. The summed E-state index contributed by atoms with van der Waals surface area (Å²) in [6.45, 7) is 1.82. The number of benzene rings is 1. The normalized spacial score (nSPS) is 13.9. The molecule has 7 heteroatoms. The van der Waals surface area contributed by atoms with Gasteiger partial charge < -0.3 is 10.4 Å². The maximum absolute atomic E-state index is 11.6. The van der Waals surface area contributed by atoms with E-state index in [1.807, 2.05) is 6.26 Å². The van der Waals surface area contributed by atoms with Crippen LogP contribution in [0, 0.1) is 10.1 Å². The van der Waals surface area contributed by atoms with E-state index in [9.17, 15) is 20.0 Å². The van der Waals surface area contributed by atoms with Crippen molar-refractivity contribution in [1.29, 1.82) is 0 Å². The van der Waals surface area contributed by atoms with Gasteiger partial charge in [0, 0.05) is 30.5 Å². The molecule has 0 saturated heterocycles. The molecule has 1 rings (SSSR count). The first-order chi connectivity index (χ1) is 9.84. The Labute approximate surface area is 127 Å². The average Bonchev–Trinajstić information content (AvgIpc) is 2.43. The van der Waals surface area contributed by atoms with Gasteiger partial charge in [-0.2, -0.15) is 11.8 Å². The second kappa shape index (κ2) is 7.80. The fraction of sp³-hybridized carbons (Fsp3) is 0.357. The molecule has 6 nitrogen and oxygen atoms in total. The number of aliphatic hydroxyl groups is 1. The number of nitro groups is 1. The molecular formula is C14H18N2O4S. The lowest BCUT2D eigenvalue weighted by Gasteiger charge is -2.21. The third-order valence-corrected chi connectivity index (χ3v) is 3.54. The third-order valence-electron chi connectivity index (χ3n) is 2.63. The van der Waals surface area contributed by atoms with Crippen LogP contribution in [0.2, 0.25) is 0 Å². The maximum Gasteiger partial charge on any atom is 0.269 e. The Bertz CT molecular complexity index is 526. The predicted octanol–water partition coefficient (Wildman–Crippen LogP) is 1.84. The zero-order chi connectivity index (χ0) is 15.9. The van der Waals surface area contributed by atoms with Crippen molar-refractivity contribution in [2.75, 3.05) is 18.6 Å². The van der Waals surface area contributed by atoms with Gasteiger partial charge in [-0.1, -0.05) is 0 Å². The molecule has 0 saturated carbocycles. The second-order valence-corrected chi connectivity index (χ2v) is 5.70. The van der Waals surface area contributed by atoms with Crippen molar-refractivity contribution in [3.63, 3.8) is 0 Å². The van der Waals surface area contributed by atoms with Gasteiger partial charge >= 0.3 is 0 Å². The number of carbonyl (C=O) groups excluding carboxylic acids is 1. The Morgan fingerprint density at radius 1 is 1.48 bits per heavy atom. The van der Waals surface area contributed by atoms with E-state index in [4.69, 9.17) is 0 Å². The molecule has 1 unspecified atom stereocenters. The van der Waals surface area contributed by atoms with E-state index in [2.05, 4.69) is 5.32 Å². The lowest BCUT2D eigenvalue weighted by Crippen LogP contribution is -2.41. The molecule has 1 aromatic carbocycles. The third kappa shape index (κ3) is 6.42. The monoisotopic (exact) mass is 310 g/mol. The number of nitrogens with zero attached hydrogens (tertiary/aromatic N) is 1. The SMILES string of the molecule is CSCC(C)(O)CNC(=O)/C=C/c1ccc([N+](=O)[O-])cc1. The van der Waals surface area contributed by atoms with Crippen LogP contribution in [0.15, 0.2) is 30.3 Å². The molecule has 114 valence electrons. The molecule has 0 radical (unpaired) electrons. The number of carbonyl (C=O) groups is 1. The molecular weight excluding hydrogens is 292 g/mol. The summed E-state index contributed by atoms with van der Waals surface area (Å²) in [5.74, 6) is 0.203.